The Labute approximate surface area is 292 Å². The maximum Gasteiger partial charge on any atom is 0.160 e. The molecule has 1 aliphatic carbocycles. The van der Waals surface area contributed by atoms with Gasteiger partial charge in [-0.15, -0.1) is 0 Å². The molecule has 3 nitrogen and oxygen atoms in total. The van der Waals surface area contributed by atoms with E-state index >= 15 is 0 Å². The summed E-state index contributed by atoms with van der Waals surface area (Å²) in [6, 6.07) is 53.6. The van der Waals surface area contributed by atoms with Crippen molar-refractivity contribution in [2.24, 2.45) is 10.9 Å². The first-order chi connectivity index (χ1) is 24.8. The molecule has 1 unspecified atom stereocenters. The van der Waals surface area contributed by atoms with Crippen LogP contribution in [0.3, 0.4) is 0 Å². The van der Waals surface area contributed by atoms with E-state index in [0.29, 0.717) is 11.7 Å². The SMILES string of the molecule is C1=CC2=C(c3ccc(-c4cc(-c5ccc(-c6cccc7ccccc67)cc5)nc(-c5ccc(-c6ccccc6)cc5)n4)cc3)C=NCC2C=C1. The van der Waals surface area contributed by atoms with E-state index in [1.165, 1.54) is 38.6 Å². The van der Waals surface area contributed by atoms with E-state index < -0.39 is 0 Å². The summed E-state index contributed by atoms with van der Waals surface area (Å²) in [6.07, 6.45) is 10.7. The fourth-order valence-corrected chi connectivity index (χ4v) is 7.04. The van der Waals surface area contributed by atoms with E-state index in [2.05, 4.69) is 175 Å². The molecule has 7 aromatic rings. The number of hydrogen-bond donors (Lipinski definition) is 0. The number of fused-ring (bicyclic) bond motifs is 2. The van der Waals surface area contributed by atoms with Gasteiger partial charge in [0.25, 0.3) is 0 Å². The fourth-order valence-electron chi connectivity index (χ4n) is 7.04. The lowest BCUT2D eigenvalue weighted by Crippen LogP contribution is -2.13. The Hall–Kier alpha value is -6.45. The Morgan fingerprint density at radius 2 is 1.08 bits per heavy atom. The summed E-state index contributed by atoms with van der Waals surface area (Å²) >= 11 is 0. The number of nitrogens with zero attached hydrogens (tertiary/aromatic N) is 3. The van der Waals surface area contributed by atoms with Gasteiger partial charge in [0.1, 0.15) is 0 Å². The molecule has 1 atom stereocenters. The van der Waals surface area contributed by atoms with Gasteiger partial charge in [0.2, 0.25) is 0 Å². The Bertz CT molecular complexity index is 2460. The van der Waals surface area contributed by atoms with Crippen molar-refractivity contribution in [1.29, 1.82) is 0 Å². The molecule has 0 N–H and O–H groups in total. The lowest BCUT2D eigenvalue weighted by molar-refractivity contribution is 0.781. The molecule has 0 saturated carbocycles. The van der Waals surface area contributed by atoms with Gasteiger partial charge in [-0.3, -0.25) is 4.99 Å². The minimum atomic E-state index is 0.340. The van der Waals surface area contributed by atoms with Crippen molar-refractivity contribution in [3.05, 3.63) is 187 Å². The van der Waals surface area contributed by atoms with Gasteiger partial charge in [-0.1, -0.05) is 170 Å². The average molecular weight is 640 g/mol. The van der Waals surface area contributed by atoms with Crippen LogP contribution in [0.1, 0.15) is 5.56 Å². The number of aromatic nitrogens is 2. The maximum absolute atomic E-state index is 5.14. The molecule has 236 valence electrons. The lowest BCUT2D eigenvalue weighted by Gasteiger charge is -2.22. The number of aliphatic imine (C=N–C) groups is 1. The van der Waals surface area contributed by atoms with E-state index in [1.54, 1.807) is 0 Å². The van der Waals surface area contributed by atoms with Gasteiger partial charge in [0, 0.05) is 40.9 Å². The Morgan fingerprint density at radius 1 is 0.480 bits per heavy atom. The van der Waals surface area contributed by atoms with Gasteiger partial charge in [-0.05, 0) is 50.2 Å². The molecule has 0 bridgehead atoms. The summed E-state index contributed by atoms with van der Waals surface area (Å²) < 4.78 is 0. The monoisotopic (exact) mass is 639 g/mol. The van der Waals surface area contributed by atoms with Crippen molar-refractivity contribution in [2.75, 3.05) is 6.54 Å². The molecule has 0 saturated heterocycles. The van der Waals surface area contributed by atoms with Crippen LogP contribution in [0.5, 0.6) is 0 Å². The zero-order chi connectivity index (χ0) is 33.3. The first-order valence-corrected chi connectivity index (χ1v) is 17.1. The summed E-state index contributed by atoms with van der Waals surface area (Å²) in [5, 5.41) is 2.49. The van der Waals surface area contributed by atoms with E-state index in [0.717, 1.165) is 45.7 Å². The molecule has 0 spiro atoms. The number of allylic oxidation sites excluding steroid dienone is 4. The highest BCUT2D eigenvalue weighted by Crippen LogP contribution is 2.35. The van der Waals surface area contributed by atoms with Crippen LogP contribution in [0.2, 0.25) is 0 Å². The van der Waals surface area contributed by atoms with Gasteiger partial charge in [0.15, 0.2) is 5.82 Å². The molecule has 2 aliphatic rings. The van der Waals surface area contributed by atoms with Crippen molar-refractivity contribution in [1.82, 2.24) is 9.97 Å². The lowest BCUT2D eigenvalue weighted by atomic mass is 9.86. The van der Waals surface area contributed by atoms with E-state index in [4.69, 9.17) is 9.97 Å². The number of benzene rings is 6. The van der Waals surface area contributed by atoms with Crippen molar-refractivity contribution in [2.45, 2.75) is 0 Å². The Balaban J connectivity index is 1.11. The number of hydrogen-bond acceptors (Lipinski definition) is 3. The van der Waals surface area contributed by atoms with Crippen LogP contribution >= 0.6 is 0 Å². The topological polar surface area (TPSA) is 38.1 Å². The third kappa shape index (κ3) is 5.69. The van der Waals surface area contributed by atoms with Gasteiger partial charge in [-0.25, -0.2) is 9.97 Å². The molecule has 50 heavy (non-hydrogen) atoms. The largest absolute Gasteiger partial charge is 0.292 e. The van der Waals surface area contributed by atoms with Crippen molar-refractivity contribution >= 4 is 22.6 Å². The first kappa shape index (κ1) is 29.7. The van der Waals surface area contributed by atoms with Crippen molar-refractivity contribution < 1.29 is 0 Å². The van der Waals surface area contributed by atoms with Crippen molar-refractivity contribution in [3.8, 4) is 56.2 Å². The fraction of sp³-hybridized carbons (Fsp3) is 0.0426. The quantitative estimate of drug-likeness (QED) is 0.182. The predicted octanol–water partition coefficient (Wildman–Crippen LogP) is 11.5. The highest BCUT2D eigenvalue weighted by atomic mass is 14.9. The van der Waals surface area contributed by atoms with Crippen LogP contribution in [0.25, 0.3) is 72.5 Å². The predicted molar refractivity (Wildman–Crippen MR) is 209 cm³/mol. The van der Waals surface area contributed by atoms with Gasteiger partial charge < -0.3 is 0 Å². The molecular formula is C47H33N3. The van der Waals surface area contributed by atoms with Gasteiger partial charge >= 0.3 is 0 Å². The van der Waals surface area contributed by atoms with Gasteiger partial charge in [-0.2, -0.15) is 0 Å². The molecule has 9 rings (SSSR count). The van der Waals surface area contributed by atoms with Crippen LogP contribution in [0.15, 0.2) is 187 Å². The van der Waals surface area contributed by atoms with Crippen LogP contribution < -0.4 is 0 Å². The molecular weight excluding hydrogens is 607 g/mol. The van der Waals surface area contributed by atoms with E-state index in [9.17, 15) is 0 Å². The molecule has 0 amide bonds. The molecule has 1 aromatic heterocycles. The minimum absolute atomic E-state index is 0.340. The normalized spacial score (nSPS) is 15.0. The van der Waals surface area contributed by atoms with Crippen LogP contribution in [-0.4, -0.2) is 22.7 Å². The van der Waals surface area contributed by atoms with E-state index in [1.807, 2.05) is 12.3 Å². The summed E-state index contributed by atoms with van der Waals surface area (Å²) in [7, 11) is 0. The number of rotatable bonds is 6. The van der Waals surface area contributed by atoms with Crippen LogP contribution in [0, 0.1) is 5.92 Å². The highest BCUT2D eigenvalue weighted by Gasteiger charge is 2.19. The highest BCUT2D eigenvalue weighted by molar-refractivity contribution is 6.12. The second kappa shape index (κ2) is 12.9. The minimum Gasteiger partial charge on any atom is -0.292 e. The summed E-state index contributed by atoms with van der Waals surface area (Å²) in [6.45, 7) is 0.805. The maximum atomic E-state index is 5.14. The van der Waals surface area contributed by atoms with Gasteiger partial charge in [0.05, 0.1) is 11.4 Å². The summed E-state index contributed by atoms with van der Waals surface area (Å²) in [4.78, 5) is 14.9. The van der Waals surface area contributed by atoms with Crippen molar-refractivity contribution in [3.63, 3.8) is 0 Å². The molecule has 3 heteroatoms. The van der Waals surface area contributed by atoms with Crippen LogP contribution in [-0.2, 0) is 0 Å². The third-order valence-electron chi connectivity index (χ3n) is 9.71. The Kier molecular flexibility index (Phi) is 7.64. The Morgan fingerprint density at radius 3 is 1.84 bits per heavy atom. The smallest absolute Gasteiger partial charge is 0.160 e. The summed E-state index contributed by atoms with van der Waals surface area (Å²) in [5.74, 6) is 1.04. The zero-order valence-electron chi connectivity index (χ0n) is 27.4. The molecule has 2 heterocycles. The first-order valence-electron chi connectivity index (χ1n) is 17.1. The second-order valence-corrected chi connectivity index (χ2v) is 12.8. The molecule has 0 radical (unpaired) electrons. The molecule has 6 aromatic carbocycles. The standard InChI is InChI=1S/C47H33N3/c1-2-9-32(10-3-1)33-17-27-39(28-18-33)47-49-45(37-23-19-35(20-24-37)42-16-8-13-34-11-4-6-14-41(34)42)29-46(50-47)38-25-21-36(22-26-38)44-31-48-30-40-12-5-7-15-43(40)44/h1-29,31,40H,30H2. The zero-order valence-corrected chi connectivity index (χ0v) is 27.4. The molecule has 1 aliphatic heterocycles. The third-order valence-corrected chi connectivity index (χ3v) is 9.71. The second-order valence-electron chi connectivity index (χ2n) is 12.8. The van der Waals surface area contributed by atoms with Crippen LogP contribution in [0.4, 0.5) is 0 Å². The number of dihydropyridines is 1. The average Bonchev–Trinajstić information content (AvgIpc) is 3.21. The summed E-state index contributed by atoms with van der Waals surface area (Å²) in [5.41, 5.74) is 13.3. The molecule has 0 fully saturated rings. The van der Waals surface area contributed by atoms with E-state index in [-0.39, 0.29) is 0 Å².